The number of benzene rings is 1. The average Bonchev–Trinajstić information content (AvgIpc) is 2.68. The highest BCUT2D eigenvalue weighted by molar-refractivity contribution is 9.10. The van der Waals surface area contributed by atoms with Crippen LogP contribution in [0, 0.1) is 5.92 Å². The molecule has 0 spiro atoms. The average molecular weight is 354 g/mol. The summed E-state index contributed by atoms with van der Waals surface area (Å²) in [6, 6.07) is 3.53. The first kappa shape index (κ1) is 14.7. The Morgan fingerprint density at radius 2 is 2.05 bits per heavy atom. The first-order chi connectivity index (χ1) is 8.81. The zero-order valence-corrected chi connectivity index (χ0v) is 12.2. The Morgan fingerprint density at radius 3 is 2.58 bits per heavy atom. The number of carbonyl (C=O) groups is 1. The van der Waals surface area contributed by atoms with Crippen molar-refractivity contribution in [1.29, 1.82) is 0 Å². The highest BCUT2D eigenvalue weighted by Gasteiger charge is 2.34. The lowest BCUT2D eigenvalue weighted by molar-refractivity contribution is -0.137. The van der Waals surface area contributed by atoms with Gasteiger partial charge in [0.1, 0.15) is 0 Å². The Kier molecular flexibility index (Phi) is 4.15. The van der Waals surface area contributed by atoms with Crippen molar-refractivity contribution < 1.29 is 18.0 Å². The Bertz CT molecular complexity index is 506. The zero-order chi connectivity index (χ0) is 14.2. The fourth-order valence-corrected chi connectivity index (χ4v) is 2.77. The number of thiol groups is 1. The molecule has 0 aliphatic carbocycles. The molecule has 0 aromatic heterocycles. The summed E-state index contributed by atoms with van der Waals surface area (Å²) in [7, 11) is 0. The molecule has 19 heavy (non-hydrogen) atoms. The van der Waals surface area contributed by atoms with Crippen LogP contribution in [0.5, 0.6) is 0 Å². The predicted molar refractivity (Wildman–Crippen MR) is 73.5 cm³/mol. The fourth-order valence-electron chi connectivity index (χ4n) is 2.05. The minimum absolute atomic E-state index is 0.0872. The molecule has 1 aromatic carbocycles. The fraction of sp³-hybridized carbons (Fsp3) is 0.417. The lowest BCUT2D eigenvalue weighted by Crippen LogP contribution is -2.25. The zero-order valence-electron chi connectivity index (χ0n) is 9.75. The maximum atomic E-state index is 12.7. The lowest BCUT2D eigenvalue weighted by atomic mass is 10.1. The van der Waals surface area contributed by atoms with Gasteiger partial charge in [0, 0.05) is 23.1 Å². The van der Waals surface area contributed by atoms with Gasteiger partial charge in [0.25, 0.3) is 0 Å². The van der Waals surface area contributed by atoms with Crippen molar-refractivity contribution in [2.75, 3.05) is 17.2 Å². The van der Waals surface area contributed by atoms with Gasteiger partial charge in [-0.05, 0) is 29.9 Å². The molecule has 104 valence electrons. The van der Waals surface area contributed by atoms with Crippen LogP contribution in [-0.4, -0.2) is 18.2 Å². The number of carbonyl (C=O) groups excluding carboxylic acids is 1. The first-order valence-corrected chi connectivity index (χ1v) is 7.03. The summed E-state index contributed by atoms with van der Waals surface area (Å²) in [5.41, 5.74) is -0.491. The summed E-state index contributed by atoms with van der Waals surface area (Å²) in [6.45, 7) is 0.413. The van der Waals surface area contributed by atoms with E-state index in [0.29, 0.717) is 23.2 Å². The highest BCUT2D eigenvalue weighted by Crippen LogP contribution is 2.36. The van der Waals surface area contributed by atoms with E-state index in [1.165, 1.54) is 11.0 Å². The van der Waals surface area contributed by atoms with Gasteiger partial charge in [-0.3, -0.25) is 4.79 Å². The van der Waals surface area contributed by atoms with Crippen LogP contribution >= 0.6 is 28.6 Å². The first-order valence-electron chi connectivity index (χ1n) is 5.60. The third-order valence-corrected chi connectivity index (χ3v) is 3.96. The molecule has 1 aliphatic heterocycles. The van der Waals surface area contributed by atoms with Gasteiger partial charge < -0.3 is 4.90 Å². The topological polar surface area (TPSA) is 20.3 Å². The van der Waals surface area contributed by atoms with Gasteiger partial charge in [-0.25, -0.2) is 0 Å². The molecule has 1 heterocycles. The molecule has 1 aromatic rings. The van der Waals surface area contributed by atoms with Crippen molar-refractivity contribution in [3.8, 4) is 0 Å². The number of amides is 1. The molecule has 1 fully saturated rings. The van der Waals surface area contributed by atoms with Crippen LogP contribution in [0.3, 0.4) is 0 Å². The summed E-state index contributed by atoms with van der Waals surface area (Å²) in [5, 5.41) is 0. The smallest absolute Gasteiger partial charge is 0.312 e. The van der Waals surface area contributed by atoms with E-state index in [2.05, 4.69) is 28.6 Å². The summed E-state index contributed by atoms with van der Waals surface area (Å²) in [4.78, 5) is 13.2. The minimum atomic E-state index is -4.43. The number of nitrogens with zero attached hydrogens (tertiary/aromatic N) is 1. The third kappa shape index (κ3) is 3.25. The van der Waals surface area contributed by atoms with Crippen molar-refractivity contribution in [1.82, 2.24) is 0 Å². The van der Waals surface area contributed by atoms with E-state index in [1.54, 1.807) is 0 Å². The predicted octanol–water partition coefficient (Wildman–Crippen LogP) is 3.75. The van der Waals surface area contributed by atoms with Crippen molar-refractivity contribution in [3.05, 3.63) is 28.2 Å². The molecule has 1 aliphatic rings. The second-order valence-electron chi connectivity index (χ2n) is 4.45. The standard InChI is InChI=1S/C12H11BrF3NOS/c13-9-2-8(12(14,15)16)3-10(4-9)17-5-7(6-19)1-11(17)18/h2-4,7,19H,1,5-6H2. The Labute approximate surface area is 122 Å². The van der Waals surface area contributed by atoms with Gasteiger partial charge in [0.2, 0.25) is 5.91 Å². The Balaban J connectivity index is 2.35. The molecule has 1 saturated heterocycles. The van der Waals surface area contributed by atoms with Crippen LogP contribution in [0.15, 0.2) is 22.7 Å². The van der Waals surface area contributed by atoms with Crippen LogP contribution in [0.1, 0.15) is 12.0 Å². The van der Waals surface area contributed by atoms with Gasteiger partial charge >= 0.3 is 6.18 Å². The van der Waals surface area contributed by atoms with Gasteiger partial charge in [-0.15, -0.1) is 0 Å². The van der Waals surface area contributed by atoms with Crippen molar-refractivity contribution in [3.63, 3.8) is 0 Å². The van der Waals surface area contributed by atoms with Gasteiger partial charge in [0.05, 0.1) is 5.56 Å². The Morgan fingerprint density at radius 1 is 1.37 bits per heavy atom. The van der Waals surface area contributed by atoms with Crippen LogP contribution in [0.4, 0.5) is 18.9 Å². The van der Waals surface area contributed by atoms with Crippen molar-refractivity contribution in [2.24, 2.45) is 5.92 Å². The third-order valence-electron chi connectivity index (χ3n) is 2.98. The van der Waals surface area contributed by atoms with E-state index in [0.717, 1.165) is 12.1 Å². The van der Waals surface area contributed by atoms with E-state index in [4.69, 9.17) is 0 Å². The molecule has 2 rings (SSSR count). The number of anilines is 1. The largest absolute Gasteiger partial charge is 0.416 e. The molecule has 0 radical (unpaired) electrons. The van der Waals surface area contributed by atoms with E-state index in [1.807, 2.05) is 0 Å². The summed E-state index contributed by atoms with van der Waals surface area (Å²) in [6.07, 6.45) is -4.10. The molecule has 7 heteroatoms. The second kappa shape index (κ2) is 5.36. The molecule has 2 nitrogen and oxygen atoms in total. The van der Waals surface area contributed by atoms with E-state index < -0.39 is 11.7 Å². The highest BCUT2D eigenvalue weighted by atomic mass is 79.9. The molecule has 0 saturated carbocycles. The molecule has 1 atom stereocenters. The number of hydrogen-bond donors (Lipinski definition) is 1. The van der Waals surface area contributed by atoms with Crippen LogP contribution in [0.25, 0.3) is 0 Å². The van der Waals surface area contributed by atoms with Crippen LogP contribution in [0.2, 0.25) is 0 Å². The maximum absolute atomic E-state index is 12.7. The monoisotopic (exact) mass is 353 g/mol. The quantitative estimate of drug-likeness (QED) is 0.803. The van der Waals surface area contributed by atoms with Gasteiger partial charge in [0.15, 0.2) is 0 Å². The molecule has 1 unspecified atom stereocenters. The van der Waals surface area contributed by atoms with E-state index >= 15 is 0 Å². The number of halogens is 4. The number of alkyl halides is 3. The molecule has 0 N–H and O–H groups in total. The lowest BCUT2D eigenvalue weighted by Gasteiger charge is -2.19. The van der Waals surface area contributed by atoms with Crippen molar-refractivity contribution >= 4 is 40.2 Å². The molecule has 1 amide bonds. The molecular formula is C12H11BrF3NOS. The summed E-state index contributed by atoms with van der Waals surface area (Å²) in [5.74, 6) is 0.469. The van der Waals surface area contributed by atoms with Crippen molar-refractivity contribution in [2.45, 2.75) is 12.6 Å². The van der Waals surface area contributed by atoms with Gasteiger partial charge in [-0.2, -0.15) is 25.8 Å². The van der Waals surface area contributed by atoms with Crippen LogP contribution < -0.4 is 4.90 Å². The molecular weight excluding hydrogens is 343 g/mol. The normalized spacial score (nSPS) is 20.2. The van der Waals surface area contributed by atoms with Gasteiger partial charge in [-0.1, -0.05) is 15.9 Å². The maximum Gasteiger partial charge on any atom is 0.416 e. The number of rotatable bonds is 2. The van der Waals surface area contributed by atoms with E-state index in [9.17, 15) is 18.0 Å². The second-order valence-corrected chi connectivity index (χ2v) is 5.73. The van der Waals surface area contributed by atoms with E-state index in [-0.39, 0.29) is 17.5 Å². The number of hydrogen-bond acceptors (Lipinski definition) is 2. The Hall–Kier alpha value is -0.690. The summed E-state index contributed by atoms with van der Waals surface area (Å²) < 4.78 is 38.5. The SMILES string of the molecule is O=C1CC(CS)CN1c1cc(Br)cc(C(F)(F)F)c1. The minimum Gasteiger partial charge on any atom is -0.312 e. The molecule has 0 bridgehead atoms. The summed E-state index contributed by atoms with van der Waals surface area (Å²) >= 11 is 7.18. The van der Waals surface area contributed by atoms with Crippen LogP contribution in [-0.2, 0) is 11.0 Å².